The summed E-state index contributed by atoms with van der Waals surface area (Å²) < 4.78 is 79.7. The van der Waals surface area contributed by atoms with Crippen molar-refractivity contribution in [3.63, 3.8) is 0 Å². The van der Waals surface area contributed by atoms with E-state index in [1.54, 1.807) is 38.1 Å². The van der Waals surface area contributed by atoms with Gasteiger partial charge in [0.2, 0.25) is 16.0 Å². The maximum Gasteiger partial charge on any atom is 0.490 e. The lowest BCUT2D eigenvalue weighted by atomic mass is 10.0. The van der Waals surface area contributed by atoms with Gasteiger partial charge in [-0.25, -0.2) is 31.5 Å². The summed E-state index contributed by atoms with van der Waals surface area (Å²) in [5, 5.41) is 6.43. The molecule has 0 aliphatic heterocycles. The SMILES string of the molecule is CC(C)S(=O)(=O)n1c(N)nc2ccc(-c3nc(-c4ccc(OCCCN(C)C)c(F)c4)[nH]c3-c3ccccc3)cc21.O=C(O)C(F)(F)F. The molecule has 0 fully saturated rings. The van der Waals surface area contributed by atoms with Crippen molar-refractivity contribution in [2.45, 2.75) is 31.7 Å². The van der Waals surface area contributed by atoms with Crippen molar-refractivity contribution in [1.82, 2.24) is 23.8 Å². The van der Waals surface area contributed by atoms with Gasteiger partial charge in [-0.1, -0.05) is 36.4 Å². The summed E-state index contributed by atoms with van der Waals surface area (Å²) in [6, 6.07) is 19.6. The van der Waals surface area contributed by atoms with Gasteiger partial charge in [0, 0.05) is 23.2 Å². The van der Waals surface area contributed by atoms with Crippen molar-refractivity contribution in [2.75, 3.05) is 33.0 Å². The highest BCUT2D eigenvalue weighted by Crippen LogP contribution is 2.36. The van der Waals surface area contributed by atoms with E-state index >= 15 is 4.39 Å². The van der Waals surface area contributed by atoms with E-state index in [0.29, 0.717) is 46.0 Å². The molecule has 0 bridgehead atoms. The van der Waals surface area contributed by atoms with Gasteiger partial charge in [0.25, 0.3) is 0 Å². The number of hydrogen-bond donors (Lipinski definition) is 3. The number of nitrogens with two attached hydrogens (primary N) is 1. The molecule has 5 rings (SSSR count). The second-order valence-corrected chi connectivity index (χ2v) is 13.5. The fraction of sp³-hybridized carbons (Fsp3) is 0.281. The number of rotatable bonds is 10. The summed E-state index contributed by atoms with van der Waals surface area (Å²) in [6.07, 6.45) is -4.30. The lowest BCUT2D eigenvalue weighted by Crippen LogP contribution is -2.23. The van der Waals surface area contributed by atoms with Crippen LogP contribution in [-0.2, 0) is 14.8 Å². The van der Waals surface area contributed by atoms with Crippen molar-refractivity contribution in [3.8, 4) is 39.7 Å². The smallest absolute Gasteiger partial charge is 0.490 e. The number of carboxylic acid groups (broad SMARTS) is 1. The number of carboxylic acids is 1. The van der Waals surface area contributed by atoms with Crippen LogP contribution in [0.4, 0.5) is 23.5 Å². The predicted molar refractivity (Wildman–Crippen MR) is 174 cm³/mol. The second kappa shape index (κ2) is 14.4. The first kappa shape index (κ1) is 35.9. The molecule has 0 radical (unpaired) electrons. The standard InChI is InChI=1S/C30H33FN6O3S.C2HF3O2/c1-19(2)41(38,39)37-25-18-21(11-13-24(25)33-30(37)32)28-27(20-9-6-5-7-10-20)34-29(35-28)22-12-14-26(23(31)17-22)40-16-8-15-36(3)4;3-2(4,5)1(6)7/h5-7,9-14,17-19H,8,15-16H2,1-4H3,(H2,32,33)(H,34,35);(H,6,7). The third-order valence-electron chi connectivity index (χ3n) is 6.98. The summed E-state index contributed by atoms with van der Waals surface area (Å²) in [7, 11) is 0.190. The van der Waals surface area contributed by atoms with Gasteiger partial charge < -0.3 is 25.5 Å². The lowest BCUT2D eigenvalue weighted by Gasteiger charge is -2.11. The Morgan fingerprint density at radius 3 is 2.25 bits per heavy atom. The average molecular weight is 691 g/mol. The maximum atomic E-state index is 15.0. The van der Waals surface area contributed by atoms with Crippen molar-refractivity contribution >= 4 is 33.0 Å². The molecule has 0 aliphatic carbocycles. The molecule has 11 nitrogen and oxygen atoms in total. The molecule has 0 saturated heterocycles. The van der Waals surface area contributed by atoms with Gasteiger partial charge in [-0.15, -0.1) is 0 Å². The number of benzene rings is 3. The first-order valence-corrected chi connectivity index (χ1v) is 16.1. The van der Waals surface area contributed by atoms with Crippen LogP contribution in [0.2, 0.25) is 0 Å². The lowest BCUT2D eigenvalue weighted by molar-refractivity contribution is -0.192. The maximum absolute atomic E-state index is 15.0. The number of nitrogens with zero attached hydrogens (tertiary/aromatic N) is 4. The van der Waals surface area contributed by atoms with E-state index in [0.717, 1.165) is 22.5 Å². The van der Waals surface area contributed by atoms with Crippen LogP contribution in [0.3, 0.4) is 0 Å². The summed E-state index contributed by atoms with van der Waals surface area (Å²) in [5.41, 5.74) is 10.2. The second-order valence-electron chi connectivity index (χ2n) is 11.2. The number of carbonyl (C=O) groups is 1. The molecule has 0 amide bonds. The number of imidazole rings is 2. The normalized spacial score (nSPS) is 12.0. The Hall–Kier alpha value is -4.96. The highest BCUT2D eigenvalue weighted by molar-refractivity contribution is 7.90. The Balaban J connectivity index is 0.000000671. The van der Waals surface area contributed by atoms with Gasteiger partial charge in [0.1, 0.15) is 5.82 Å². The Morgan fingerprint density at radius 1 is 1.02 bits per heavy atom. The topological polar surface area (TPSA) is 156 Å². The van der Waals surface area contributed by atoms with Crippen LogP contribution in [0.1, 0.15) is 20.3 Å². The Bertz CT molecular complexity index is 2010. The van der Waals surface area contributed by atoms with Gasteiger partial charge >= 0.3 is 12.1 Å². The number of fused-ring (bicyclic) bond motifs is 1. The fourth-order valence-electron chi connectivity index (χ4n) is 4.56. The van der Waals surface area contributed by atoms with E-state index in [1.807, 2.05) is 55.4 Å². The van der Waals surface area contributed by atoms with Crippen LogP contribution in [0.5, 0.6) is 5.75 Å². The molecule has 0 spiro atoms. The number of aliphatic carboxylic acids is 1. The van der Waals surface area contributed by atoms with Crippen molar-refractivity contribution < 1.29 is 40.6 Å². The Morgan fingerprint density at radius 2 is 1.67 bits per heavy atom. The molecule has 0 aliphatic rings. The molecule has 2 aromatic heterocycles. The van der Waals surface area contributed by atoms with Gasteiger partial charge in [0.05, 0.1) is 34.3 Å². The van der Waals surface area contributed by atoms with E-state index in [2.05, 4.69) is 9.97 Å². The predicted octanol–water partition coefficient (Wildman–Crippen LogP) is 6.03. The summed E-state index contributed by atoms with van der Waals surface area (Å²) in [4.78, 5) is 23.4. The molecule has 2 heterocycles. The van der Waals surface area contributed by atoms with Gasteiger partial charge in [0.15, 0.2) is 11.6 Å². The van der Waals surface area contributed by atoms with Crippen LogP contribution in [-0.4, -0.2) is 82.0 Å². The number of ether oxygens (including phenoxy) is 1. The minimum atomic E-state index is -5.08. The van der Waals surface area contributed by atoms with Crippen LogP contribution < -0.4 is 10.5 Å². The van der Waals surface area contributed by atoms with Gasteiger partial charge in [-0.3, -0.25) is 0 Å². The summed E-state index contributed by atoms with van der Waals surface area (Å²) >= 11 is 0. The fourth-order valence-corrected chi connectivity index (χ4v) is 5.70. The highest BCUT2D eigenvalue weighted by Gasteiger charge is 2.38. The molecule has 16 heteroatoms. The zero-order chi connectivity index (χ0) is 35.4. The minimum Gasteiger partial charge on any atom is -0.490 e. The highest BCUT2D eigenvalue weighted by atomic mass is 32.2. The van der Waals surface area contributed by atoms with E-state index in [1.165, 1.54) is 6.07 Å². The third-order valence-corrected chi connectivity index (χ3v) is 9.07. The van der Waals surface area contributed by atoms with Crippen molar-refractivity contribution in [1.29, 1.82) is 0 Å². The van der Waals surface area contributed by atoms with Crippen LogP contribution >= 0.6 is 0 Å². The van der Waals surface area contributed by atoms with Gasteiger partial charge in [-0.2, -0.15) is 13.2 Å². The summed E-state index contributed by atoms with van der Waals surface area (Å²) in [5.74, 6) is -2.69. The van der Waals surface area contributed by atoms with Crippen molar-refractivity contribution in [2.24, 2.45) is 0 Å². The molecule has 0 atom stereocenters. The molecule has 48 heavy (non-hydrogen) atoms. The molecule has 0 saturated carbocycles. The van der Waals surface area contributed by atoms with Crippen LogP contribution in [0.15, 0.2) is 66.7 Å². The molecule has 5 aromatic rings. The number of nitrogen functional groups attached to an aromatic ring is 1. The van der Waals surface area contributed by atoms with E-state index in [4.69, 9.17) is 25.4 Å². The Kier molecular flexibility index (Phi) is 10.8. The van der Waals surface area contributed by atoms with E-state index in [9.17, 15) is 21.6 Å². The third kappa shape index (κ3) is 8.12. The largest absolute Gasteiger partial charge is 0.490 e. The number of halogens is 4. The number of H-pyrrole nitrogens is 1. The number of aromatic nitrogens is 4. The van der Waals surface area contributed by atoms with E-state index in [-0.39, 0.29) is 11.7 Å². The molecule has 4 N–H and O–H groups in total. The molecular weight excluding hydrogens is 656 g/mol. The summed E-state index contributed by atoms with van der Waals surface area (Å²) in [6.45, 7) is 4.45. The Labute approximate surface area is 274 Å². The number of hydrogen-bond acceptors (Lipinski definition) is 8. The zero-order valence-electron chi connectivity index (χ0n) is 26.4. The molecular formula is C32H34F4N6O5S. The molecule has 0 unspecified atom stereocenters. The molecule has 3 aromatic carbocycles. The van der Waals surface area contributed by atoms with Gasteiger partial charge in [-0.05, 0) is 64.7 Å². The first-order chi connectivity index (χ1) is 22.5. The average Bonchev–Trinajstić information content (AvgIpc) is 3.61. The number of alkyl halides is 3. The zero-order valence-corrected chi connectivity index (χ0v) is 27.2. The number of aromatic amines is 1. The van der Waals surface area contributed by atoms with Crippen molar-refractivity contribution in [3.05, 3.63) is 72.5 Å². The quantitative estimate of drug-likeness (QED) is 0.118. The number of nitrogens with one attached hydrogen (secondary N) is 1. The monoisotopic (exact) mass is 690 g/mol. The first-order valence-electron chi connectivity index (χ1n) is 14.6. The van der Waals surface area contributed by atoms with E-state index < -0.39 is 33.2 Å². The van der Waals surface area contributed by atoms with Crippen LogP contribution in [0.25, 0.3) is 44.9 Å². The minimum absolute atomic E-state index is 0.101. The van der Waals surface area contributed by atoms with Crippen LogP contribution in [0, 0.1) is 5.82 Å². The molecule has 256 valence electrons. The number of anilines is 1.